The highest BCUT2D eigenvalue weighted by Gasteiger charge is 2.25. The van der Waals surface area contributed by atoms with Crippen molar-refractivity contribution in [3.8, 4) is 0 Å². The normalized spacial score (nSPS) is 17.2. The Labute approximate surface area is 163 Å². The van der Waals surface area contributed by atoms with Crippen molar-refractivity contribution < 1.29 is 9.32 Å². The molecule has 0 aliphatic carbocycles. The highest BCUT2D eigenvalue weighted by Crippen LogP contribution is 2.36. The summed E-state index contributed by atoms with van der Waals surface area (Å²) in [6.45, 7) is 4.94. The number of rotatable bonds is 5. The predicted molar refractivity (Wildman–Crippen MR) is 102 cm³/mol. The average molecular weight is 406 g/mol. The lowest BCUT2D eigenvalue weighted by molar-refractivity contribution is -0.126. The maximum atomic E-state index is 11.9. The van der Waals surface area contributed by atoms with Gasteiger partial charge in [0.05, 0.1) is 11.6 Å². The molecule has 0 saturated carbocycles. The number of likely N-dealkylation sites (tertiary alicyclic amines) is 1. The second-order valence-corrected chi connectivity index (χ2v) is 7.65. The molecule has 0 radical (unpaired) electrons. The molecule has 0 aromatic carbocycles. The van der Waals surface area contributed by atoms with Crippen molar-refractivity contribution in [2.45, 2.75) is 23.1 Å². The molecule has 1 aliphatic rings. The summed E-state index contributed by atoms with van der Waals surface area (Å²) in [7, 11) is 0. The summed E-state index contributed by atoms with van der Waals surface area (Å²) >= 11 is 7.80. The van der Waals surface area contributed by atoms with E-state index in [1.165, 1.54) is 18.5 Å². The number of fused-ring (bicyclic) bond motifs is 1. The average Bonchev–Trinajstić information content (AvgIpc) is 3.31. The summed E-state index contributed by atoms with van der Waals surface area (Å²) in [5, 5.41) is 15.4. The summed E-state index contributed by atoms with van der Waals surface area (Å²) in [5.74, 6) is 0.327. The molecule has 4 rings (SSSR count). The molecule has 1 aliphatic heterocycles. The minimum atomic E-state index is -0.0516. The van der Waals surface area contributed by atoms with Crippen molar-refractivity contribution in [2.75, 3.05) is 18.4 Å². The SMILES string of the molecule is C=CC(=O)N1CCC[C@@H](Sc2nc(Nc3cnoc3)nc3[nH]nc(Cl)c23)C1. The van der Waals surface area contributed by atoms with Gasteiger partial charge in [-0.05, 0) is 18.9 Å². The first kappa shape index (κ1) is 17.8. The maximum absolute atomic E-state index is 11.9. The Morgan fingerprint density at radius 3 is 3.19 bits per heavy atom. The number of hydrogen-bond donors (Lipinski definition) is 2. The van der Waals surface area contributed by atoms with Crippen LogP contribution in [0.1, 0.15) is 12.8 Å². The zero-order valence-electron chi connectivity index (χ0n) is 14.2. The van der Waals surface area contributed by atoms with Gasteiger partial charge < -0.3 is 14.7 Å². The summed E-state index contributed by atoms with van der Waals surface area (Å²) < 4.78 is 4.81. The maximum Gasteiger partial charge on any atom is 0.245 e. The molecule has 3 aromatic rings. The van der Waals surface area contributed by atoms with E-state index in [9.17, 15) is 4.79 Å². The number of amides is 1. The minimum Gasteiger partial charge on any atom is -0.363 e. The molecule has 1 fully saturated rings. The van der Waals surface area contributed by atoms with Crippen molar-refractivity contribution in [1.29, 1.82) is 0 Å². The third kappa shape index (κ3) is 3.76. The minimum absolute atomic E-state index is 0.0516. The van der Waals surface area contributed by atoms with Crippen LogP contribution in [0.25, 0.3) is 11.0 Å². The van der Waals surface area contributed by atoms with E-state index in [1.54, 1.807) is 16.7 Å². The number of piperidine rings is 1. The highest BCUT2D eigenvalue weighted by atomic mass is 35.5. The van der Waals surface area contributed by atoms with Gasteiger partial charge in [-0.1, -0.05) is 23.3 Å². The van der Waals surface area contributed by atoms with Crippen LogP contribution in [-0.4, -0.2) is 54.5 Å². The van der Waals surface area contributed by atoms with E-state index in [0.29, 0.717) is 39.4 Å². The van der Waals surface area contributed by atoms with E-state index < -0.39 is 0 Å². The first-order valence-electron chi connectivity index (χ1n) is 8.30. The zero-order valence-corrected chi connectivity index (χ0v) is 15.8. The van der Waals surface area contributed by atoms with Crippen LogP contribution < -0.4 is 5.32 Å². The van der Waals surface area contributed by atoms with Crippen LogP contribution in [0.4, 0.5) is 11.6 Å². The first-order chi connectivity index (χ1) is 13.1. The second kappa shape index (κ2) is 7.57. The van der Waals surface area contributed by atoms with Gasteiger partial charge >= 0.3 is 0 Å². The molecule has 9 nitrogen and oxygen atoms in total. The molecular formula is C16H16ClN7O2S. The fourth-order valence-corrected chi connectivity index (χ4v) is 4.51. The van der Waals surface area contributed by atoms with Crippen LogP contribution in [-0.2, 0) is 4.79 Å². The smallest absolute Gasteiger partial charge is 0.245 e. The van der Waals surface area contributed by atoms with Gasteiger partial charge in [0, 0.05) is 18.3 Å². The van der Waals surface area contributed by atoms with Crippen LogP contribution in [0.3, 0.4) is 0 Å². The Kier molecular flexibility index (Phi) is 4.99. The van der Waals surface area contributed by atoms with E-state index in [2.05, 4.69) is 37.2 Å². The topological polar surface area (TPSA) is 113 Å². The quantitative estimate of drug-likeness (QED) is 0.492. The number of thioether (sulfide) groups is 1. The molecule has 140 valence electrons. The number of aromatic amines is 1. The summed E-state index contributed by atoms with van der Waals surface area (Å²) in [5.41, 5.74) is 1.17. The predicted octanol–water partition coefficient (Wildman–Crippen LogP) is 3.01. The molecule has 0 unspecified atom stereocenters. The lowest BCUT2D eigenvalue weighted by atomic mass is 10.1. The number of carbonyl (C=O) groups is 1. The summed E-state index contributed by atoms with van der Waals surface area (Å²) in [4.78, 5) is 22.7. The Hall–Kier alpha value is -2.59. The van der Waals surface area contributed by atoms with Crippen LogP contribution in [0, 0.1) is 0 Å². The largest absolute Gasteiger partial charge is 0.363 e. The molecule has 4 heterocycles. The van der Waals surface area contributed by atoms with Gasteiger partial charge in [-0.25, -0.2) is 4.98 Å². The summed E-state index contributed by atoms with van der Waals surface area (Å²) in [6.07, 6.45) is 6.24. The van der Waals surface area contributed by atoms with Crippen LogP contribution >= 0.6 is 23.4 Å². The molecule has 1 amide bonds. The van der Waals surface area contributed by atoms with E-state index in [-0.39, 0.29) is 11.2 Å². The lowest BCUT2D eigenvalue weighted by Gasteiger charge is -2.31. The van der Waals surface area contributed by atoms with E-state index in [4.69, 9.17) is 16.1 Å². The van der Waals surface area contributed by atoms with Gasteiger partial charge in [0.25, 0.3) is 0 Å². The van der Waals surface area contributed by atoms with Gasteiger partial charge in [-0.3, -0.25) is 9.89 Å². The Bertz CT molecular complexity index is 975. The fourth-order valence-electron chi connectivity index (χ4n) is 2.92. The number of anilines is 2. The van der Waals surface area contributed by atoms with Gasteiger partial charge in [-0.15, -0.1) is 11.8 Å². The first-order valence-corrected chi connectivity index (χ1v) is 9.56. The second-order valence-electron chi connectivity index (χ2n) is 6.00. The molecule has 11 heteroatoms. The molecule has 1 saturated heterocycles. The molecule has 1 atom stereocenters. The van der Waals surface area contributed by atoms with Crippen LogP contribution in [0.2, 0.25) is 5.15 Å². The van der Waals surface area contributed by atoms with Crippen molar-refractivity contribution in [2.24, 2.45) is 0 Å². The molecular weight excluding hydrogens is 390 g/mol. The fraction of sp³-hybridized carbons (Fsp3) is 0.312. The van der Waals surface area contributed by atoms with E-state index >= 15 is 0 Å². The van der Waals surface area contributed by atoms with Crippen molar-refractivity contribution in [3.05, 3.63) is 30.3 Å². The van der Waals surface area contributed by atoms with Crippen LogP contribution in [0.15, 0.2) is 34.7 Å². The zero-order chi connectivity index (χ0) is 18.8. The van der Waals surface area contributed by atoms with E-state index in [1.807, 2.05) is 0 Å². The number of halogens is 1. The number of hydrogen-bond acceptors (Lipinski definition) is 8. The monoisotopic (exact) mass is 405 g/mol. The lowest BCUT2D eigenvalue weighted by Crippen LogP contribution is -2.40. The number of carbonyl (C=O) groups excluding carboxylic acids is 1. The van der Waals surface area contributed by atoms with Crippen molar-refractivity contribution in [3.63, 3.8) is 0 Å². The van der Waals surface area contributed by atoms with Gasteiger partial charge in [-0.2, -0.15) is 10.1 Å². The molecule has 0 spiro atoms. The Morgan fingerprint density at radius 2 is 2.41 bits per heavy atom. The Morgan fingerprint density at radius 1 is 1.52 bits per heavy atom. The molecule has 0 bridgehead atoms. The third-order valence-corrected chi connectivity index (χ3v) is 5.68. The molecule has 27 heavy (non-hydrogen) atoms. The van der Waals surface area contributed by atoms with Gasteiger partial charge in [0.15, 0.2) is 10.8 Å². The van der Waals surface area contributed by atoms with Gasteiger partial charge in [0.1, 0.15) is 17.0 Å². The molecule has 2 N–H and O–H groups in total. The van der Waals surface area contributed by atoms with Crippen molar-refractivity contribution in [1.82, 2.24) is 30.2 Å². The summed E-state index contributed by atoms with van der Waals surface area (Å²) in [6, 6.07) is 0. The van der Waals surface area contributed by atoms with Crippen LogP contribution in [0.5, 0.6) is 0 Å². The highest BCUT2D eigenvalue weighted by molar-refractivity contribution is 8.00. The number of H-pyrrole nitrogens is 1. The van der Waals surface area contributed by atoms with E-state index in [0.717, 1.165) is 19.4 Å². The number of nitrogens with one attached hydrogen (secondary N) is 2. The Balaban J connectivity index is 1.62. The van der Waals surface area contributed by atoms with Gasteiger partial charge in [0.2, 0.25) is 11.9 Å². The number of aromatic nitrogens is 5. The third-order valence-electron chi connectivity index (χ3n) is 4.17. The standard InChI is InChI=1S/C16H16ClN7O2S/c1-2-11(25)24-5-3-4-10(7-24)27-15-12-13(17)22-23-14(12)20-16(21-15)19-9-6-18-26-8-9/h2,6,8,10H,1,3-5,7H2,(H2,19,20,21,22,23)/t10-/m1/s1. The number of nitrogens with zero attached hydrogens (tertiary/aromatic N) is 5. The molecule has 3 aromatic heterocycles. The van der Waals surface area contributed by atoms with Crippen molar-refractivity contribution >= 4 is 51.9 Å².